The van der Waals surface area contributed by atoms with Gasteiger partial charge in [-0.25, -0.2) is 0 Å². The first kappa shape index (κ1) is 14.9. The Morgan fingerprint density at radius 1 is 1.06 bits per heavy atom. The number of aromatic nitrogens is 2. The van der Waals surface area contributed by atoms with Gasteiger partial charge in [-0.15, -0.1) is 6.58 Å². The highest BCUT2D eigenvalue weighted by molar-refractivity contribution is 5.20. The van der Waals surface area contributed by atoms with Crippen molar-refractivity contribution >= 4 is 0 Å². The lowest BCUT2D eigenvalue weighted by Gasteiger charge is -2.11. The van der Waals surface area contributed by atoms with Crippen molar-refractivity contribution in [3.63, 3.8) is 0 Å². The van der Waals surface area contributed by atoms with Gasteiger partial charge < -0.3 is 0 Å². The van der Waals surface area contributed by atoms with Gasteiger partial charge in [-0.05, 0) is 52.4 Å². The molecule has 0 amide bonds. The Bertz CT molecular complexity index is 419. The SMILES string of the molecule is C=C(C)CCc1nc(C)c(CCC(C)C)nc1C. The van der Waals surface area contributed by atoms with Gasteiger partial charge in [-0.1, -0.05) is 19.4 Å². The third kappa shape index (κ3) is 4.59. The van der Waals surface area contributed by atoms with Crippen LogP contribution in [0.15, 0.2) is 12.2 Å². The van der Waals surface area contributed by atoms with Crippen molar-refractivity contribution in [2.24, 2.45) is 5.92 Å². The van der Waals surface area contributed by atoms with Gasteiger partial charge in [0.05, 0.1) is 22.8 Å². The zero-order valence-corrected chi connectivity index (χ0v) is 12.5. The molecule has 0 N–H and O–H groups in total. The van der Waals surface area contributed by atoms with Gasteiger partial charge in [0.1, 0.15) is 0 Å². The Morgan fingerprint density at radius 2 is 1.56 bits per heavy atom. The minimum Gasteiger partial charge on any atom is -0.254 e. The third-order valence-corrected chi connectivity index (χ3v) is 3.19. The van der Waals surface area contributed by atoms with E-state index in [2.05, 4.69) is 41.2 Å². The summed E-state index contributed by atoms with van der Waals surface area (Å²) in [5, 5.41) is 0. The van der Waals surface area contributed by atoms with Crippen LogP contribution in [-0.4, -0.2) is 9.97 Å². The van der Waals surface area contributed by atoms with E-state index in [1.165, 1.54) is 17.7 Å². The molecule has 0 saturated heterocycles. The van der Waals surface area contributed by atoms with Crippen molar-refractivity contribution < 1.29 is 0 Å². The zero-order chi connectivity index (χ0) is 13.7. The fraction of sp³-hybridized carbons (Fsp3) is 0.625. The summed E-state index contributed by atoms with van der Waals surface area (Å²) < 4.78 is 0. The highest BCUT2D eigenvalue weighted by atomic mass is 14.8. The molecule has 0 radical (unpaired) electrons. The molecule has 1 rings (SSSR count). The zero-order valence-electron chi connectivity index (χ0n) is 12.5. The number of hydrogen-bond acceptors (Lipinski definition) is 2. The van der Waals surface area contributed by atoms with Crippen LogP contribution in [0.4, 0.5) is 0 Å². The first-order valence-corrected chi connectivity index (χ1v) is 6.87. The molecule has 0 bridgehead atoms. The van der Waals surface area contributed by atoms with Crippen molar-refractivity contribution in [1.82, 2.24) is 9.97 Å². The number of hydrogen-bond donors (Lipinski definition) is 0. The van der Waals surface area contributed by atoms with Crippen molar-refractivity contribution in [3.8, 4) is 0 Å². The van der Waals surface area contributed by atoms with Gasteiger partial charge in [0.2, 0.25) is 0 Å². The van der Waals surface area contributed by atoms with Crippen LogP contribution in [0.3, 0.4) is 0 Å². The Kier molecular flexibility index (Phi) is 5.52. The van der Waals surface area contributed by atoms with Gasteiger partial charge in [-0.2, -0.15) is 0 Å². The summed E-state index contributed by atoms with van der Waals surface area (Å²) >= 11 is 0. The molecule has 2 nitrogen and oxygen atoms in total. The molecule has 0 aromatic carbocycles. The van der Waals surface area contributed by atoms with Gasteiger partial charge in [0.25, 0.3) is 0 Å². The number of nitrogens with zero attached hydrogens (tertiary/aromatic N) is 2. The molecule has 1 aromatic heterocycles. The molecular weight excluding hydrogens is 220 g/mol. The smallest absolute Gasteiger partial charge is 0.0622 e. The lowest BCUT2D eigenvalue weighted by Crippen LogP contribution is -2.06. The number of allylic oxidation sites excluding steroid dienone is 1. The fourth-order valence-corrected chi connectivity index (χ4v) is 1.93. The molecule has 0 fully saturated rings. The summed E-state index contributed by atoms with van der Waals surface area (Å²) in [5.74, 6) is 0.717. The van der Waals surface area contributed by atoms with E-state index in [-0.39, 0.29) is 0 Å². The van der Waals surface area contributed by atoms with Crippen molar-refractivity contribution in [2.75, 3.05) is 0 Å². The van der Waals surface area contributed by atoms with Crippen LogP contribution in [0.1, 0.15) is 56.4 Å². The molecule has 0 aliphatic carbocycles. The Hall–Kier alpha value is -1.18. The predicted molar refractivity (Wildman–Crippen MR) is 77.8 cm³/mol. The quantitative estimate of drug-likeness (QED) is 0.703. The van der Waals surface area contributed by atoms with E-state index in [0.29, 0.717) is 0 Å². The van der Waals surface area contributed by atoms with Gasteiger partial charge in [-0.3, -0.25) is 9.97 Å². The summed E-state index contributed by atoms with van der Waals surface area (Å²) in [6.07, 6.45) is 4.18. The molecule has 2 heteroatoms. The first-order valence-electron chi connectivity index (χ1n) is 6.87. The second-order valence-electron chi connectivity index (χ2n) is 5.68. The van der Waals surface area contributed by atoms with E-state index in [4.69, 9.17) is 9.97 Å². The third-order valence-electron chi connectivity index (χ3n) is 3.19. The second kappa shape index (κ2) is 6.67. The standard InChI is InChI=1S/C16H26N2/c1-11(2)7-9-15-13(5)18-16(14(6)17-15)10-8-12(3)4/h12H,1,7-10H2,2-6H3. The largest absolute Gasteiger partial charge is 0.254 e. The van der Waals surface area contributed by atoms with E-state index < -0.39 is 0 Å². The van der Waals surface area contributed by atoms with Crippen LogP contribution in [0.2, 0.25) is 0 Å². The van der Waals surface area contributed by atoms with Crippen LogP contribution in [0.5, 0.6) is 0 Å². The van der Waals surface area contributed by atoms with E-state index in [1.807, 2.05) is 0 Å². The molecule has 18 heavy (non-hydrogen) atoms. The molecular formula is C16H26N2. The maximum Gasteiger partial charge on any atom is 0.0622 e. The van der Waals surface area contributed by atoms with E-state index >= 15 is 0 Å². The Labute approximate surface area is 112 Å². The monoisotopic (exact) mass is 246 g/mol. The van der Waals surface area contributed by atoms with Gasteiger partial charge in [0.15, 0.2) is 0 Å². The number of rotatable bonds is 6. The van der Waals surface area contributed by atoms with Crippen LogP contribution in [-0.2, 0) is 12.8 Å². The van der Waals surface area contributed by atoms with Crippen LogP contribution in [0.25, 0.3) is 0 Å². The minimum atomic E-state index is 0.717. The normalized spacial score (nSPS) is 11.0. The molecule has 1 heterocycles. The summed E-state index contributed by atoms with van der Waals surface area (Å²) in [6, 6.07) is 0. The van der Waals surface area contributed by atoms with Crippen LogP contribution in [0, 0.1) is 19.8 Å². The molecule has 0 aliphatic heterocycles. The predicted octanol–water partition coefficient (Wildman–Crippen LogP) is 4.19. The van der Waals surface area contributed by atoms with Crippen LogP contribution >= 0.6 is 0 Å². The van der Waals surface area contributed by atoms with Crippen LogP contribution < -0.4 is 0 Å². The molecule has 0 spiro atoms. The van der Waals surface area contributed by atoms with E-state index in [0.717, 1.165) is 42.3 Å². The summed E-state index contributed by atoms with van der Waals surface area (Å²) in [6.45, 7) is 14.6. The lowest BCUT2D eigenvalue weighted by molar-refractivity contribution is 0.577. The Balaban J connectivity index is 2.79. The van der Waals surface area contributed by atoms with Crippen molar-refractivity contribution in [1.29, 1.82) is 0 Å². The summed E-state index contributed by atoms with van der Waals surface area (Å²) in [5.41, 5.74) is 5.68. The van der Waals surface area contributed by atoms with Gasteiger partial charge >= 0.3 is 0 Å². The summed E-state index contributed by atoms with van der Waals surface area (Å²) in [4.78, 5) is 9.45. The molecule has 0 saturated carbocycles. The maximum absolute atomic E-state index is 4.73. The van der Waals surface area contributed by atoms with E-state index in [9.17, 15) is 0 Å². The maximum atomic E-state index is 4.73. The number of aryl methyl sites for hydroxylation is 4. The molecule has 100 valence electrons. The van der Waals surface area contributed by atoms with Gasteiger partial charge in [0, 0.05) is 0 Å². The fourth-order valence-electron chi connectivity index (χ4n) is 1.93. The lowest BCUT2D eigenvalue weighted by atomic mass is 10.0. The van der Waals surface area contributed by atoms with Crippen molar-refractivity contribution in [3.05, 3.63) is 34.9 Å². The highest BCUT2D eigenvalue weighted by Gasteiger charge is 2.08. The minimum absolute atomic E-state index is 0.717. The second-order valence-corrected chi connectivity index (χ2v) is 5.68. The first-order chi connectivity index (χ1) is 8.40. The summed E-state index contributed by atoms with van der Waals surface area (Å²) in [7, 11) is 0. The topological polar surface area (TPSA) is 25.8 Å². The average Bonchev–Trinajstić information content (AvgIpc) is 2.27. The molecule has 0 atom stereocenters. The average molecular weight is 246 g/mol. The molecule has 0 unspecified atom stereocenters. The van der Waals surface area contributed by atoms with Crippen molar-refractivity contribution in [2.45, 2.75) is 60.3 Å². The highest BCUT2D eigenvalue weighted by Crippen LogP contribution is 2.14. The molecule has 0 aliphatic rings. The molecule has 1 aromatic rings. The Morgan fingerprint density at radius 3 is 2.00 bits per heavy atom. The van der Waals surface area contributed by atoms with E-state index in [1.54, 1.807) is 0 Å².